The van der Waals surface area contributed by atoms with E-state index in [9.17, 15) is 18.8 Å². The van der Waals surface area contributed by atoms with E-state index in [1.54, 1.807) is 4.90 Å². The zero-order chi connectivity index (χ0) is 18.1. The molecule has 1 saturated heterocycles. The Morgan fingerprint density at radius 1 is 1.24 bits per heavy atom. The molecule has 25 heavy (non-hydrogen) atoms. The second-order valence-electron chi connectivity index (χ2n) is 7.29. The minimum Gasteiger partial charge on any atom is -0.340 e. The average Bonchev–Trinajstić information content (AvgIpc) is 3.38. The molecular weight excluding hydrogens is 324 g/mol. The zero-order valence-electron chi connectivity index (χ0n) is 14.6. The first kappa shape index (κ1) is 17.8. The number of hydrogen-bond acceptors (Lipinski definition) is 3. The van der Waals surface area contributed by atoms with Gasteiger partial charge in [-0.15, -0.1) is 0 Å². The van der Waals surface area contributed by atoms with Crippen LogP contribution in [0.2, 0.25) is 0 Å². The van der Waals surface area contributed by atoms with Crippen LogP contribution in [0, 0.1) is 34.8 Å². The summed E-state index contributed by atoms with van der Waals surface area (Å²) in [6, 6.07) is 5.62. The molecule has 6 heteroatoms. The van der Waals surface area contributed by atoms with Gasteiger partial charge in [-0.3, -0.25) is 9.69 Å². The molecule has 1 heterocycles. The SMILES string of the molecule is CC(C)C(C#N)N1CCN(C(=O)C2CC2c2cc(F)ccc2F)CC1. The van der Waals surface area contributed by atoms with Crippen LogP contribution in [-0.2, 0) is 4.79 Å². The van der Waals surface area contributed by atoms with E-state index in [2.05, 4.69) is 11.0 Å². The van der Waals surface area contributed by atoms with Gasteiger partial charge in [0.25, 0.3) is 0 Å². The molecule has 0 radical (unpaired) electrons. The summed E-state index contributed by atoms with van der Waals surface area (Å²) in [5, 5.41) is 9.29. The third-order valence-electron chi connectivity index (χ3n) is 5.25. The van der Waals surface area contributed by atoms with Crippen molar-refractivity contribution in [1.82, 2.24) is 9.80 Å². The van der Waals surface area contributed by atoms with Crippen LogP contribution < -0.4 is 0 Å². The minimum absolute atomic E-state index is 0.0198. The molecule has 3 atom stereocenters. The van der Waals surface area contributed by atoms with Crippen molar-refractivity contribution in [3.8, 4) is 6.07 Å². The molecule has 3 unspecified atom stereocenters. The van der Waals surface area contributed by atoms with Crippen molar-refractivity contribution in [2.75, 3.05) is 26.2 Å². The molecule has 2 aliphatic rings. The van der Waals surface area contributed by atoms with Crippen LogP contribution in [-0.4, -0.2) is 47.9 Å². The van der Waals surface area contributed by atoms with Crippen LogP contribution in [0.4, 0.5) is 8.78 Å². The Hall–Kier alpha value is -2.00. The molecule has 1 aliphatic carbocycles. The van der Waals surface area contributed by atoms with Gasteiger partial charge in [-0.1, -0.05) is 13.8 Å². The third kappa shape index (κ3) is 3.67. The predicted octanol–water partition coefficient (Wildman–Crippen LogP) is 2.76. The summed E-state index contributed by atoms with van der Waals surface area (Å²) >= 11 is 0. The Morgan fingerprint density at radius 3 is 2.52 bits per heavy atom. The van der Waals surface area contributed by atoms with Crippen molar-refractivity contribution in [2.45, 2.75) is 32.2 Å². The van der Waals surface area contributed by atoms with E-state index in [1.165, 1.54) is 6.07 Å². The van der Waals surface area contributed by atoms with Gasteiger partial charge in [0.1, 0.15) is 17.7 Å². The first-order valence-electron chi connectivity index (χ1n) is 8.79. The van der Waals surface area contributed by atoms with Crippen molar-refractivity contribution < 1.29 is 13.6 Å². The molecule has 4 nitrogen and oxygen atoms in total. The molecule has 1 aromatic carbocycles. The molecule has 1 saturated carbocycles. The van der Waals surface area contributed by atoms with Gasteiger partial charge in [-0.2, -0.15) is 5.26 Å². The highest BCUT2D eigenvalue weighted by atomic mass is 19.1. The quantitative estimate of drug-likeness (QED) is 0.841. The fourth-order valence-electron chi connectivity index (χ4n) is 3.72. The summed E-state index contributed by atoms with van der Waals surface area (Å²) in [6.45, 7) is 6.56. The van der Waals surface area contributed by atoms with Crippen molar-refractivity contribution >= 4 is 5.91 Å². The Kier molecular flexibility index (Phi) is 5.05. The van der Waals surface area contributed by atoms with Gasteiger partial charge in [-0.05, 0) is 42.0 Å². The van der Waals surface area contributed by atoms with Gasteiger partial charge in [0.2, 0.25) is 5.91 Å². The zero-order valence-corrected chi connectivity index (χ0v) is 14.6. The average molecular weight is 347 g/mol. The molecule has 0 bridgehead atoms. The Labute approximate surface area is 147 Å². The van der Waals surface area contributed by atoms with Crippen LogP contribution in [0.3, 0.4) is 0 Å². The second-order valence-corrected chi connectivity index (χ2v) is 7.29. The Bertz CT molecular complexity index is 692. The maximum absolute atomic E-state index is 13.9. The van der Waals surface area contributed by atoms with Crippen molar-refractivity contribution in [3.63, 3.8) is 0 Å². The fourth-order valence-corrected chi connectivity index (χ4v) is 3.72. The van der Waals surface area contributed by atoms with E-state index in [1.807, 2.05) is 13.8 Å². The van der Waals surface area contributed by atoms with E-state index in [0.29, 0.717) is 38.2 Å². The highest BCUT2D eigenvalue weighted by Gasteiger charge is 2.47. The van der Waals surface area contributed by atoms with E-state index in [0.717, 1.165) is 12.1 Å². The number of rotatable bonds is 4. The molecule has 0 spiro atoms. The summed E-state index contributed by atoms with van der Waals surface area (Å²) in [5.74, 6) is -1.12. The lowest BCUT2D eigenvalue weighted by atomic mass is 10.0. The van der Waals surface area contributed by atoms with Crippen molar-refractivity contribution in [1.29, 1.82) is 5.26 Å². The topological polar surface area (TPSA) is 47.3 Å². The molecule has 2 fully saturated rings. The van der Waals surface area contributed by atoms with Gasteiger partial charge in [0, 0.05) is 32.1 Å². The number of benzene rings is 1. The van der Waals surface area contributed by atoms with Crippen LogP contribution in [0.5, 0.6) is 0 Å². The number of carbonyl (C=O) groups excluding carboxylic acids is 1. The number of hydrogen-bond donors (Lipinski definition) is 0. The van der Waals surface area contributed by atoms with Gasteiger partial charge in [-0.25, -0.2) is 8.78 Å². The van der Waals surface area contributed by atoms with E-state index < -0.39 is 11.6 Å². The van der Waals surface area contributed by atoms with Crippen molar-refractivity contribution in [3.05, 3.63) is 35.4 Å². The second kappa shape index (κ2) is 7.09. The minimum atomic E-state index is -0.473. The molecule has 0 N–H and O–H groups in total. The van der Waals surface area contributed by atoms with Gasteiger partial charge in [0.15, 0.2) is 0 Å². The number of halogens is 2. The van der Waals surface area contributed by atoms with E-state index in [4.69, 9.17) is 0 Å². The maximum Gasteiger partial charge on any atom is 0.226 e. The van der Waals surface area contributed by atoms with E-state index >= 15 is 0 Å². The third-order valence-corrected chi connectivity index (χ3v) is 5.25. The number of piperazine rings is 1. The lowest BCUT2D eigenvalue weighted by Crippen LogP contribution is -2.53. The standard InChI is InChI=1S/C19H23F2N3O/c1-12(2)18(11-22)23-5-7-24(8-6-23)19(25)16-10-14(16)15-9-13(20)3-4-17(15)21/h3-4,9,12,14,16,18H,5-8,10H2,1-2H3. The smallest absolute Gasteiger partial charge is 0.226 e. The lowest BCUT2D eigenvalue weighted by molar-refractivity contribution is -0.134. The van der Waals surface area contributed by atoms with Crippen LogP contribution >= 0.6 is 0 Å². The molecule has 1 amide bonds. The first-order chi connectivity index (χ1) is 11.9. The molecule has 0 aromatic heterocycles. The Morgan fingerprint density at radius 2 is 1.92 bits per heavy atom. The maximum atomic E-state index is 13.9. The molecule has 3 rings (SSSR count). The molecular formula is C19H23F2N3O. The monoisotopic (exact) mass is 347 g/mol. The van der Waals surface area contributed by atoms with Crippen LogP contribution in [0.15, 0.2) is 18.2 Å². The lowest BCUT2D eigenvalue weighted by Gasteiger charge is -2.38. The summed E-state index contributed by atoms with van der Waals surface area (Å²) in [7, 11) is 0. The number of carbonyl (C=O) groups is 1. The predicted molar refractivity (Wildman–Crippen MR) is 89.6 cm³/mol. The fraction of sp³-hybridized carbons (Fsp3) is 0.579. The van der Waals surface area contributed by atoms with Gasteiger partial charge >= 0.3 is 0 Å². The van der Waals surface area contributed by atoms with Crippen LogP contribution in [0.1, 0.15) is 31.7 Å². The number of nitriles is 1. The summed E-state index contributed by atoms with van der Waals surface area (Å²) in [4.78, 5) is 16.6. The summed E-state index contributed by atoms with van der Waals surface area (Å²) < 4.78 is 27.2. The summed E-state index contributed by atoms with van der Waals surface area (Å²) in [6.07, 6.45) is 0.576. The number of amides is 1. The molecule has 1 aliphatic heterocycles. The summed E-state index contributed by atoms with van der Waals surface area (Å²) in [5.41, 5.74) is 0.307. The van der Waals surface area contributed by atoms with E-state index in [-0.39, 0.29) is 29.7 Å². The van der Waals surface area contributed by atoms with Gasteiger partial charge < -0.3 is 4.90 Å². The normalized spacial score (nSPS) is 24.9. The molecule has 1 aromatic rings. The Balaban J connectivity index is 1.58. The van der Waals surface area contributed by atoms with Crippen molar-refractivity contribution in [2.24, 2.45) is 11.8 Å². The van der Waals surface area contributed by atoms with Gasteiger partial charge in [0.05, 0.1) is 6.07 Å². The largest absolute Gasteiger partial charge is 0.340 e. The highest BCUT2D eigenvalue weighted by Crippen LogP contribution is 2.49. The molecule has 134 valence electrons. The first-order valence-corrected chi connectivity index (χ1v) is 8.79. The number of nitrogens with zero attached hydrogens (tertiary/aromatic N) is 3. The van der Waals surface area contributed by atoms with Crippen LogP contribution in [0.25, 0.3) is 0 Å². The highest BCUT2D eigenvalue weighted by molar-refractivity contribution is 5.83.